The molecule has 6 unspecified atom stereocenters. The number of hydrogen-bond donors (Lipinski definition) is 9. The predicted molar refractivity (Wildman–Crippen MR) is 372 cm³/mol. The minimum absolute atomic E-state index is 0.172. The van der Waals surface area contributed by atoms with Gasteiger partial charge in [0, 0.05) is 32.1 Å². The highest BCUT2D eigenvalue weighted by atomic mass is 16.3. The van der Waals surface area contributed by atoms with Crippen LogP contribution in [0, 0.1) is 29.6 Å². The lowest BCUT2D eigenvalue weighted by Gasteiger charge is -2.44. The van der Waals surface area contributed by atoms with Crippen molar-refractivity contribution in [3.05, 3.63) is 107 Å². The minimum atomic E-state index is -0.459. The van der Waals surface area contributed by atoms with Crippen LogP contribution in [0.2, 0.25) is 0 Å². The Bertz CT molecular complexity index is 2420. The summed E-state index contributed by atoms with van der Waals surface area (Å²) in [7, 11) is 0. The number of nitrogens with one attached hydrogen (secondary N) is 6. The fourth-order valence-electron chi connectivity index (χ4n) is 13.1. The molecule has 0 bridgehead atoms. The molecule has 1 fully saturated rings. The zero-order valence-corrected chi connectivity index (χ0v) is 55.8. The third kappa shape index (κ3) is 29.7. The van der Waals surface area contributed by atoms with E-state index in [1.165, 1.54) is 167 Å². The van der Waals surface area contributed by atoms with Crippen LogP contribution in [-0.4, -0.2) is 81.8 Å². The first-order valence-electron chi connectivity index (χ1n) is 35.1. The van der Waals surface area contributed by atoms with E-state index in [9.17, 15) is 15.3 Å². The largest absolute Gasteiger partial charge is 0.508 e. The smallest absolute Gasteiger partial charge is 0.227 e. The highest BCUT2D eigenvalue weighted by molar-refractivity contribution is 5.79. The van der Waals surface area contributed by atoms with Gasteiger partial charge in [-0.25, -0.2) is 5.43 Å². The van der Waals surface area contributed by atoms with Crippen LogP contribution in [0.3, 0.4) is 0 Å². The van der Waals surface area contributed by atoms with Crippen LogP contribution in [0.15, 0.2) is 94.9 Å². The van der Waals surface area contributed by atoms with Crippen molar-refractivity contribution >= 4 is 24.6 Å². The van der Waals surface area contributed by atoms with Gasteiger partial charge in [-0.15, -0.1) is 0 Å². The summed E-state index contributed by atoms with van der Waals surface area (Å²) in [5.41, 5.74) is 9.69. The lowest BCUT2D eigenvalue weighted by molar-refractivity contribution is 0.0581. The number of unbranched alkanes of at least 4 members (excludes halogenated alkanes) is 18. The van der Waals surface area contributed by atoms with E-state index in [1.807, 2.05) is 43.3 Å². The van der Waals surface area contributed by atoms with Gasteiger partial charge in [-0.2, -0.15) is 15.0 Å². The van der Waals surface area contributed by atoms with Gasteiger partial charge in [-0.1, -0.05) is 211 Å². The molecule has 1 aromatic heterocycles. The lowest BCUT2D eigenvalue weighted by atomic mass is 9.61. The number of aromatic hydroxyl groups is 3. The molecule has 1 heterocycles. The summed E-state index contributed by atoms with van der Waals surface area (Å²) in [6.07, 6.45) is 44.3. The van der Waals surface area contributed by atoms with Gasteiger partial charge in [0.2, 0.25) is 17.9 Å². The maximum atomic E-state index is 9.74. The topological polar surface area (TPSA) is 196 Å². The SMILES string of the molecule is C=NC(NC(=NCCc1ccc(O)cc1)NNCCCCCCCCCC1CCC(CCCCCC)C(CCCCCC)C1CCCCCCCCCNC(C)(C)c1nc(NCCc2ccc(O)cc2)nc(NCCc2ccc(O)cc2)n1)C(C)C=CC. The second-order valence-electron chi connectivity index (χ2n) is 26.1. The van der Waals surface area contributed by atoms with E-state index in [0.29, 0.717) is 43.3 Å². The van der Waals surface area contributed by atoms with E-state index in [-0.39, 0.29) is 29.3 Å². The number of allylic oxidation sites excluding steroid dienone is 1. The van der Waals surface area contributed by atoms with Gasteiger partial charge >= 0.3 is 0 Å². The van der Waals surface area contributed by atoms with Crippen LogP contribution >= 0.6 is 0 Å². The molecule has 3 aromatic carbocycles. The highest BCUT2D eigenvalue weighted by Crippen LogP contribution is 2.48. The van der Waals surface area contributed by atoms with Crippen LogP contribution in [0.4, 0.5) is 11.9 Å². The zero-order valence-electron chi connectivity index (χ0n) is 55.8. The molecule has 14 heteroatoms. The lowest BCUT2D eigenvalue weighted by Crippen LogP contribution is -2.50. The number of hydrazine groups is 1. The predicted octanol–water partition coefficient (Wildman–Crippen LogP) is 17.1. The summed E-state index contributed by atoms with van der Waals surface area (Å²) in [4.78, 5) is 23.8. The van der Waals surface area contributed by atoms with E-state index < -0.39 is 5.54 Å². The van der Waals surface area contributed by atoms with Gasteiger partial charge in [-0.05, 0) is 169 Å². The Morgan fingerprint density at radius 3 is 1.43 bits per heavy atom. The summed E-state index contributed by atoms with van der Waals surface area (Å²) in [6.45, 7) is 20.7. The molecule has 6 atom stereocenters. The molecule has 0 aliphatic heterocycles. The molecule has 0 amide bonds. The Hall–Kier alpha value is -5.73. The standard InChI is InChI=1S/C74H121N11O3/c1-8-11-13-25-32-62-42-43-63(33-26-21-17-15-20-24-30-54-80-85-73(81-69(75-7)58(4)31-10-3)78-57-52-61-40-48-66(88)49-41-61)68(67(62)34-27-14-12-9-2)35-28-22-18-16-19-23-29-53-79-74(5,6)70-82-71(76-55-50-59-36-44-64(86)45-37-59)84-72(83-70)77-56-51-60-38-46-65(87)47-39-60/h10,31,36-41,44-49,58,62-63,67-69,79-80,86-88H,7-9,11-30,32-35,42-43,50-57H2,1-6H3,(H2,78,81,85)(H2,76,77,82,83,84). The van der Waals surface area contributed by atoms with Crippen LogP contribution < -0.4 is 32.1 Å². The number of benzene rings is 3. The molecule has 14 nitrogen and oxygen atoms in total. The summed E-state index contributed by atoms with van der Waals surface area (Å²) in [6, 6.07) is 22.0. The maximum Gasteiger partial charge on any atom is 0.227 e. The summed E-state index contributed by atoms with van der Waals surface area (Å²) in [5.74, 6) is 7.14. The average molecular weight is 1210 g/mol. The number of phenols is 3. The number of rotatable bonds is 48. The Kier molecular flexibility index (Phi) is 36.4. The third-order valence-electron chi connectivity index (χ3n) is 18.4. The molecule has 88 heavy (non-hydrogen) atoms. The average Bonchev–Trinajstić information content (AvgIpc) is 2.62. The molecule has 490 valence electrons. The Morgan fingerprint density at radius 1 is 0.557 bits per heavy atom. The first-order chi connectivity index (χ1) is 42.9. The van der Waals surface area contributed by atoms with Crippen LogP contribution in [0.1, 0.15) is 244 Å². The van der Waals surface area contributed by atoms with Gasteiger partial charge in [0.1, 0.15) is 23.4 Å². The van der Waals surface area contributed by atoms with E-state index in [0.717, 1.165) is 85.6 Å². The highest BCUT2D eigenvalue weighted by Gasteiger charge is 2.38. The van der Waals surface area contributed by atoms with Crippen molar-refractivity contribution < 1.29 is 15.3 Å². The summed E-state index contributed by atoms with van der Waals surface area (Å²) < 4.78 is 0. The number of hydrogen-bond acceptors (Lipinski definition) is 12. The van der Waals surface area contributed by atoms with Crippen molar-refractivity contribution in [1.29, 1.82) is 0 Å². The second kappa shape index (κ2) is 43.9. The van der Waals surface area contributed by atoms with Crippen molar-refractivity contribution in [1.82, 2.24) is 36.4 Å². The molecule has 0 spiro atoms. The zero-order chi connectivity index (χ0) is 62.9. The number of guanidine groups is 1. The molecule has 4 aromatic rings. The van der Waals surface area contributed by atoms with Crippen molar-refractivity contribution in [3.63, 3.8) is 0 Å². The van der Waals surface area contributed by atoms with E-state index >= 15 is 0 Å². The van der Waals surface area contributed by atoms with Crippen LogP contribution in [0.25, 0.3) is 0 Å². The summed E-state index contributed by atoms with van der Waals surface area (Å²) >= 11 is 0. The van der Waals surface area contributed by atoms with Gasteiger partial charge in [-0.3, -0.25) is 15.4 Å². The normalized spacial score (nSPS) is 17.0. The van der Waals surface area contributed by atoms with Crippen molar-refractivity contribution in [3.8, 4) is 17.2 Å². The van der Waals surface area contributed by atoms with Crippen molar-refractivity contribution in [2.45, 2.75) is 252 Å². The van der Waals surface area contributed by atoms with Crippen LogP contribution in [-0.2, 0) is 24.8 Å². The number of anilines is 2. The molecule has 0 radical (unpaired) electrons. The van der Waals surface area contributed by atoms with Gasteiger partial charge in [0.15, 0.2) is 5.82 Å². The number of aliphatic imine (C=N–C) groups is 2. The molecular weight excluding hydrogens is 1090 g/mol. The quantitative estimate of drug-likeness (QED) is 0.00668. The minimum Gasteiger partial charge on any atom is -0.508 e. The second-order valence-corrected chi connectivity index (χ2v) is 26.1. The van der Waals surface area contributed by atoms with Gasteiger partial charge in [0.05, 0.1) is 5.54 Å². The first-order valence-corrected chi connectivity index (χ1v) is 35.1. The third-order valence-corrected chi connectivity index (χ3v) is 18.4. The van der Waals surface area contributed by atoms with Crippen LogP contribution in [0.5, 0.6) is 17.2 Å². The van der Waals surface area contributed by atoms with Gasteiger partial charge in [0.25, 0.3) is 0 Å². The van der Waals surface area contributed by atoms with E-state index in [2.05, 4.69) is 90.6 Å². The Labute approximate surface area is 533 Å². The molecule has 9 N–H and O–H groups in total. The van der Waals surface area contributed by atoms with Crippen molar-refractivity contribution in [2.75, 3.05) is 43.4 Å². The van der Waals surface area contributed by atoms with Crippen molar-refractivity contribution in [2.24, 2.45) is 39.6 Å². The molecule has 1 aliphatic carbocycles. The van der Waals surface area contributed by atoms with Gasteiger partial charge < -0.3 is 36.6 Å². The molecule has 1 aliphatic rings. The van der Waals surface area contributed by atoms with E-state index in [4.69, 9.17) is 19.9 Å². The maximum absolute atomic E-state index is 9.74. The number of nitrogens with zero attached hydrogens (tertiary/aromatic N) is 5. The monoisotopic (exact) mass is 1210 g/mol. The first kappa shape index (κ1) is 73.0. The molecule has 5 rings (SSSR count). The summed E-state index contributed by atoms with van der Waals surface area (Å²) in [5, 5.41) is 43.3. The fourth-order valence-corrected chi connectivity index (χ4v) is 13.1. The van der Waals surface area contributed by atoms with E-state index in [1.54, 1.807) is 36.4 Å². The molecular formula is C74H121N11O3. The molecule has 1 saturated carbocycles. The Balaban J connectivity index is 1.04. The molecule has 0 saturated heterocycles. The fraction of sp³-hybridized carbons (Fsp3) is 0.662. The number of phenolic OH excluding ortho intramolecular Hbond substituents is 3. The Morgan fingerprint density at radius 2 is 0.977 bits per heavy atom. The number of aromatic nitrogens is 3.